The summed E-state index contributed by atoms with van der Waals surface area (Å²) in [4.78, 5) is 22.1. The summed E-state index contributed by atoms with van der Waals surface area (Å²) in [7, 11) is -1.87. The van der Waals surface area contributed by atoms with Crippen LogP contribution in [0, 0.1) is 5.92 Å². The van der Waals surface area contributed by atoms with Crippen LogP contribution < -0.4 is 5.32 Å². The molecule has 1 aliphatic rings. The van der Waals surface area contributed by atoms with E-state index in [9.17, 15) is 9.69 Å². The van der Waals surface area contributed by atoms with Gasteiger partial charge >= 0.3 is 8.60 Å². The second-order valence-corrected chi connectivity index (χ2v) is 11.0. The Kier molecular flexibility index (Phi) is 15.0. The lowest BCUT2D eigenvalue weighted by Crippen LogP contribution is -2.35. The zero-order valence-electron chi connectivity index (χ0n) is 23.3. The van der Waals surface area contributed by atoms with E-state index in [-0.39, 0.29) is 17.4 Å². The third-order valence-electron chi connectivity index (χ3n) is 6.97. The first-order valence-corrected chi connectivity index (χ1v) is 15.3. The highest BCUT2D eigenvalue weighted by Crippen LogP contribution is 2.48. The number of hydrogen-bond donors (Lipinski definition) is 2. The van der Waals surface area contributed by atoms with Crippen LogP contribution in [0.1, 0.15) is 96.6 Å². The number of unbranched alkanes of at least 4 members (excludes halogenated alkanes) is 2. The highest BCUT2D eigenvalue weighted by Gasteiger charge is 2.39. The van der Waals surface area contributed by atoms with E-state index in [4.69, 9.17) is 9.05 Å². The fourth-order valence-electron chi connectivity index (χ4n) is 4.90. The summed E-state index contributed by atoms with van der Waals surface area (Å²) >= 11 is 0. The molecule has 6 heteroatoms. The Morgan fingerprint density at radius 2 is 1.54 bits per heavy atom. The number of carbonyl (C=O) groups is 1. The molecule has 0 aromatic heterocycles. The summed E-state index contributed by atoms with van der Waals surface area (Å²) in [5, 5.41) is 2.97. The zero-order chi connectivity index (χ0) is 26.9. The SMILES string of the molecule is CC.CC(C)CCNC(=O)CCCCCOP(O)OC1CCC(c2ccccc2)(c2ccccc2)CC1. The van der Waals surface area contributed by atoms with E-state index in [2.05, 4.69) is 79.8 Å². The molecule has 2 aromatic rings. The standard InChI is InChI=1S/C29H42NO4P.C2H6/c1-24(2)19-22-30-28(31)16-10-5-11-23-33-35(32)34-27-17-20-29(21-18-27,25-12-6-3-7-13-25)26-14-8-4-9-15-26;1-2/h3-4,6-9,12-15,24,27,32H,5,10-11,16-23H2,1-2H3,(H,30,31);1-2H3. The molecule has 0 heterocycles. The lowest BCUT2D eigenvalue weighted by Gasteiger charge is -2.41. The Labute approximate surface area is 226 Å². The predicted octanol–water partition coefficient (Wildman–Crippen LogP) is 7.92. The molecule has 2 aromatic carbocycles. The van der Waals surface area contributed by atoms with Crippen molar-refractivity contribution >= 4 is 14.5 Å². The lowest BCUT2D eigenvalue weighted by molar-refractivity contribution is -0.121. The molecule has 1 fully saturated rings. The smallest absolute Gasteiger partial charge is 0.330 e. The van der Waals surface area contributed by atoms with Crippen molar-refractivity contribution in [3.8, 4) is 0 Å². The van der Waals surface area contributed by atoms with E-state index in [0.29, 0.717) is 18.9 Å². The third kappa shape index (κ3) is 10.9. The first-order chi connectivity index (χ1) is 18.0. The topological polar surface area (TPSA) is 67.8 Å². The Morgan fingerprint density at radius 3 is 2.08 bits per heavy atom. The molecule has 0 radical (unpaired) electrons. The molecule has 1 aliphatic carbocycles. The van der Waals surface area contributed by atoms with Crippen LogP contribution in [0.2, 0.25) is 0 Å². The maximum Gasteiger partial charge on any atom is 0.330 e. The number of benzene rings is 2. The Hall–Kier alpha value is -1.78. The van der Waals surface area contributed by atoms with Gasteiger partial charge in [0.1, 0.15) is 0 Å². The minimum Gasteiger partial charge on any atom is -0.356 e. The van der Waals surface area contributed by atoms with E-state index in [1.165, 1.54) is 11.1 Å². The Balaban J connectivity index is 0.00000235. The van der Waals surface area contributed by atoms with Crippen LogP contribution in [-0.2, 0) is 19.3 Å². The fraction of sp³-hybridized carbons (Fsp3) is 0.581. The van der Waals surface area contributed by atoms with E-state index in [0.717, 1.165) is 57.9 Å². The Bertz CT molecular complexity index is 813. The van der Waals surface area contributed by atoms with Crippen LogP contribution >= 0.6 is 8.60 Å². The number of carbonyl (C=O) groups excluding carboxylic acids is 1. The van der Waals surface area contributed by atoms with Gasteiger partial charge in [0.2, 0.25) is 5.91 Å². The van der Waals surface area contributed by atoms with Crippen molar-refractivity contribution in [3.63, 3.8) is 0 Å². The predicted molar refractivity (Wildman–Crippen MR) is 154 cm³/mol. The van der Waals surface area contributed by atoms with Crippen molar-refractivity contribution in [2.75, 3.05) is 13.2 Å². The molecule has 0 spiro atoms. The molecule has 1 unspecified atom stereocenters. The largest absolute Gasteiger partial charge is 0.356 e. The van der Waals surface area contributed by atoms with E-state index in [1.807, 2.05) is 13.8 Å². The van der Waals surface area contributed by atoms with Crippen LogP contribution in [0.5, 0.6) is 0 Å². The molecule has 1 saturated carbocycles. The average molecular weight is 530 g/mol. The van der Waals surface area contributed by atoms with Gasteiger partial charge in [-0.15, -0.1) is 0 Å². The van der Waals surface area contributed by atoms with Crippen LogP contribution in [0.25, 0.3) is 0 Å². The molecule has 0 bridgehead atoms. The molecule has 37 heavy (non-hydrogen) atoms. The normalized spacial score (nSPS) is 16.1. The van der Waals surface area contributed by atoms with E-state index >= 15 is 0 Å². The summed E-state index contributed by atoms with van der Waals surface area (Å²) in [6, 6.07) is 21.5. The van der Waals surface area contributed by atoms with Crippen molar-refractivity contribution in [1.82, 2.24) is 5.32 Å². The van der Waals surface area contributed by atoms with Crippen molar-refractivity contribution < 1.29 is 18.7 Å². The number of amides is 1. The quantitative estimate of drug-likeness (QED) is 0.193. The first kappa shape index (κ1) is 31.4. The number of nitrogens with one attached hydrogen (secondary N) is 1. The van der Waals surface area contributed by atoms with Gasteiger partial charge in [-0.05, 0) is 62.0 Å². The van der Waals surface area contributed by atoms with E-state index in [1.54, 1.807) is 0 Å². The summed E-state index contributed by atoms with van der Waals surface area (Å²) < 4.78 is 11.5. The van der Waals surface area contributed by atoms with Crippen LogP contribution in [0.15, 0.2) is 60.7 Å². The highest BCUT2D eigenvalue weighted by atomic mass is 31.2. The molecule has 5 nitrogen and oxygen atoms in total. The zero-order valence-corrected chi connectivity index (χ0v) is 24.2. The van der Waals surface area contributed by atoms with Gasteiger partial charge in [-0.1, -0.05) is 94.8 Å². The van der Waals surface area contributed by atoms with Gasteiger partial charge in [0, 0.05) is 18.4 Å². The van der Waals surface area contributed by atoms with Gasteiger partial charge in [-0.3, -0.25) is 4.79 Å². The van der Waals surface area contributed by atoms with Gasteiger partial charge in [0.05, 0.1) is 12.7 Å². The summed E-state index contributed by atoms with van der Waals surface area (Å²) in [5.74, 6) is 0.727. The molecular weight excluding hydrogens is 481 g/mol. The maximum atomic E-state index is 11.8. The number of hydrogen-bond acceptors (Lipinski definition) is 4. The van der Waals surface area contributed by atoms with Crippen molar-refractivity contribution in [1.29, 1.82) is 0 Å². The second kappa shape index (κ2) is 17.7. The fourth-order valence-corrected chi connectivity index (χ4v) is 5.71. The van der Waals surface area contributed by atoms with Gasteiger partial charge in [-0.2, -0.15) is 0 Å². The maximum absolute atomic E-state index is 11.8. The minimum absolute atomic E-state index is 0.0114. The van der Waals surface area contributed by atoms with Gasteiger partial charge in [0.15, 0.2) is 0 Å². The summed E-state index contributed by atoms with van der Waals surface area (Å²) in [5.41, 5.74) is 2.68. The second-order valence-electron chi connectivity index (χ2n) is 10.0. The van der Waals surface area contributed by atoms with E-state index < -0.39 is 8.60 Å². The molecule has 0 aliphatic heterocycles. The molecule has 2 N–H and O–H groups in total. The highest BCUT2D eigenvalue weighted by molar-refractivity contribution is 7.40. The minimum atomic E-state index is -1.87. The Morgan fingerprint density at radius 1 is 0.973 bits per heavy atom. The van der Waals surface area contributed by atoms with Crippen molar-refractivity contribution in [3.05, 3.63) is 71.8 Å². The van der Waals surface area contributed by atoms with Crippen LogP contribution in [0.3, 0.4) is 0 Å². The van der Waals surface area contributed by atoms with Crippen LogP contribution in [0.4, 0.5) is 0 Å². The lowest BCUT2D eigenvalue weighted by atomic mass is 9.65. The average Bonchev–Trinajstić information content (AvgIpc) is 2.93. The third-order valence-corrected chi connectivity index (χ3v) is 7.85. The number of rotatable bonds is 14. The molecule has 206 valence electrons. The van der Waals surface area contributed by atoms with Gasteiger partial charge in [-0.25, -0.2) is 0 Å². The molecule has 0 saturated heterocycles. The van der Waals surface area contributed by atoms with Gasteiger partial charge < -0.3 is 19.3 Å². The van der Waals surface area contributed by atoms with Crippen molar-refractivity contribution in [2.24, 2.45) is 5.92 Å². The summed E-state index contributed by atoms with van der Waals surface area (Å²) in [6.45, 7) is 9.53. The van der Waals surface area contributed by atoms with Crippen molar-refractivity contribution in [2.45, 2.75) is 97.0 Å². The van der Waals surface area contributed by atoms with Gasteiger partial charge in [0.25, 0.3) is 0 Å². The molecular formula is C31H48NO4P. The molecule has 1 amide bonds. The molecule has 1 atom stereocenters. The van der Waals surface area contributed by atoms with Crippen LogP contribution in [-0.4, -0.2) is 30.1 Å². The molecule has 3 rings (SSSR count). The summed E-state index contributed by atoms with van der Waals surface area (Å²) in [6.07, 6.45) is 7.87. The first-order valence-electron chi connectivity index (χ1n) is 14.2. The monoisotopic (exact) mass is 529 g/mol.